The summed E-state index contributed by atoms with van der Waals surface area (Å²) < 4.78 is 38.9. The highest BCUT2D eigenvalue weighted by Crippen LogP contribution is 2.65. The molecular weight excluding hydrogens is 415 g/mol. The third-order valence-corrected chi connectivity index (χ3v) is 11.2. The van der Waals surface area contributed by atoms with Crippen molar-refractivity contribution >= 4 is 11.3 Å². The van der Waals surface area contributed by atoms with Crippen molar-refractivity contribution in [1.82, 2.24) is 4.98 Å². The molecule has 174 valence electrons. The minimum absolute atomic E-state index is 0.374. The first kappa shape index (κ1) is 22.2. The molecule has 4 aliphatic carbocycles. The molecule has 4 saturated carbocycles. The van der Waals surface area contributed by atoms with E-state index >= 15 is 0 Å². The van der Waals surface area contributed by atoms with Gasteiger partial charge in [0, 0.05) is 11.8 Å². The molecule has 1 aromatic rings. The van der Waals surface area contributed by atoms with Crippen molar-refractivity contribution in [3.05, 3.63) is 16.1 Å². The SMILES string of the molecule is C[C@H]1CC[C@@H]2C3CC[C@@]4(C)C(CCC4[C@@H](C)Cc4nc(C(F)(F)F)cs4)[C@@H]3CC[C@@H]2C1. The number of hydrogen-bond donors (Lipinski definition) is 0. The zero-order valence-corrected chi connectivity index (χ0v) is 20.1. The Balaban J connectivity index is 1.28. The van der Waals surface area contributed by atoms with Crippen LogP contribution in [-0.2, 0) is 12.6 Å². The summed E-state index contributed by atoms with van der Waals surface area (Å²) in [6.45, 7) is 7.27. The number of nitrogens with zero attached hydrogens (tertiary/aromatic N) is 1. The topological polar surface area (TPSA) is 12.9 Å². The second-order valence-corrected chi connectivity index (χ2v) is 12.8. The van der Waals surface area contributed by atoms with Crippen molar-refractivity contribution in [1.29, 1.82) is 0 Å². The maximum atomic E-state index is 13.0. The summed E-state index contributed by atoms with van der Waals surface area (Å²) in [6, 6.07) is 0. The van der Waals surface area contributed by atoms with Gasteiger partial charge in [-0.25, -0.2) is 4.98 Å². The summed E-state index contributed by atoms with van der Waals surface area (Å²) in [5.41, 5.74) is -0.339. The lowest BCUT2D eigenvalue weighted by atomic mass is 9.49. The van der Waals surface area contributed by atoms with Crippen LogP contribution < -0.4 is 0 Å². The van der Waals surface area contributed by atoms with Gasteiger partial charge < -0.3 is 0 Å². The molecule has 0 aromatic carbocycles. The predicted molar refractivity (Wildman–Crippen MR) is 120 cm³/mol. The normalized spacial score (nSPS) is 43.7. The molecule has 3 unspecified atom stereocenters. The van der Waals surface area contributed by atoms with E-state index in [0.717, 1.165) is 35.5 Å². The number of halogens is 3. The Morgan fingerprint density at radius 3 is 2.58 bits per heavy atom. The van der Waals surface area contributed by atoms with Gasteiger partial charge in [0.1, 0.15) is 0 Å². The number of hydrogen-bond acceptors (Lipinski definition) is 2. The summed E-state index contributed by atoms with van der Waals surface area (Å²) in [5.74, 6) is 6.61. The van der Waals surface area contributed by atoms with E-state index in [2.05, 4.69) is 25.8 Å². The Morgan fingerprint density at radius 1 is 1.06 bits per heavy atom. The van der Waals surface area contributed by atoms with Crippen LogP contribution in [0.4, 0.5) is 13.2 Å². The Morgan fingerprint density at radius 2 is 1.84 bits per heavy atom. The second kappa shape index (κ2) is 8.02. The molecule has 0 bridgehead atoms. The average Bonchev–Trinajstić information content (AvgIpc) is 3.31. The van der Waals surface area contributed by atoms with Crippen LogP contribution in [0.3, 0.4) is 0 Å². The fourth-order valence-electron chi connectivity index (χ4n) is 9.02. The monoisotopic (exact) mass is 453 g/mol. The highest BCUT2D eigenvalue weighted by atomic mass is 32.1. The summed E-state index contributed by atoms with van der Waals surface area (Å²) in [7, 11) is 0. The van der Waals surface area contributed by atoms with Gasteiger partial charge >= 0.3 is 6.18 Å². The largest absolute Gasteiger partial charge is 0.434 e. The Labute approximate surface area is 189 Å². The van der Waals surface area contributed by atoms with Gasteiger partial charge in [-0.05, 0) is 104 Å². The molecule has 4 aliphatic rings. The lowest BCUT2D eigenvalue weighted by Crippen LogP contribution is -2.49. The minimum atomic E-state index is -4.32. The number of rotatable bonds is 3. The first-order valence-electron chi connectivity index (χ1n) is 12.7. The third kappa shape index (κ3) is 3.89. The molecule has 0 saturated heterocycles. The van der Waals surface area contributed by atoms with E-state index in [4.69, 9.17) is 0 Å². The molecule has 9 atom stereocenters. The molecule has 0 aliphatic heterocycles. The summed E-state index contributed by atoms with van der Waals surface area (Å²) in [4.78, 5) is 3.93. The van der Waals surface area contributed by atoms with E-state index in [1.165, 1.54) is 74.5 Å². The summed E-state index contributed by atoms with van der Waals surface area (Å²) >= 11 is 1.19. The minimum Gasteiger partial charge on any atom is -0.237 e. The Bertz CT molecular complexity index is 788. The van der Waals surface area contributed by atoms with Crippen LogP contribution >= 0.6 is 11.3 Å². The van der Waals surface area contributed by atoms with Gasteiger partial charge in [-0.1, -0.05) is 27.2 Å². The standard InChI is InChI=1S/C26H38F3NS/c1-15-4-6-18-17(12-15)5-7-20-19(18)10-11-25(3)21(8-9-22(20)25)16(2)13-24-30-23(14-31-24)26(27,28)29/h14-22H,4-13H2,1-3H3/t15-,16-,17+,18-,19?,20+,21?,22?,25+/m0/s1. The smallest absolute Gasteiger partial charge is 0.237 e. The van der Waals surface area contributed by atoms with Crippen molar-refractivity contribution in [3.63, 3.8) is 0 Å². The van der Waals surface area contributed by atoms with Crippen molar-refractivity contribution in [2.75, 3.05) is 0 Å². The fraction of sp³-hybridized carbons (Fsp3) is 0.885. The highest BCUT2D eigenvalue weighted by Gasteiger charge is 2.57. The molecular formula is C26H38F3NS. The molecule has 31 heavy (non-hydrogen) atoms. The van der Waals surface area contributed by atoms with Crippen LogP contribution in [-0.4, -0.2) is 4.98 Å². The van der Waals surface area contributed by atoms with Gasteiger partial charge in [-0.3, -0.25) is 0 Å². The number of fused-ring (bicyclic) bond motifs is 5. The van der Waals surface area contributed by atoms with Gasteiger partial charge in [-0.2, -0.15) is 13.2 Å². The average molecular weight is 454 g/mol. The maximum absolute atomic E-state index is 13.0. The van der Waals surface area contributed by atoms with Crippen molar-refractivity contribution in [2.24, 2.45) is 52.8 Å². The molecule has 0 amide bonds. The second-order valence-electron chi connectivity index (χ2n) is 11.9. The Hall–Kier alpha value is -0.580. The van der Waals surface area contributed by atoms with Crippen molar-refractivity contribution in [3.8, 4) is 0 Å². The van der Waals surface area contributed by atoms with Gasteiger partial charge in [0.05, 0.1) is 5.01 Å². The molecule has 1 heterocycles. The van der Waals surface area contributed by atoms with E-state index < -0.39 is 11.9 Å². The van der Waals surface area contributed by atoms with Crippen LogP contribution in [0.1, 0.15) is 89.3 Å². The lowest BCUT2D eigenvalue weighted by molar-refractivity contribution is -0.140. The Kier molecular flexibility index (Phi) is 5.75. The van der Waals surface area contributed by atoms with Crippen LogP contribution in [0.5, 0.6) is 0 Å². The molecule has 0 N–H and O–H groups in total. The molecule has 1 aromatic heterocycles. The molecule has 0 radical (unpaired) electrons. The number of thiazole rings is 1. The van der Waals surface area contributed by atoms with Crippen LogP contribution in [0.15, 0.2) is 5.38 Å². The van der Waals surface area contributed by atoms with E-state index in [9.17, 15) is 13.2 Å². The lowest BCUT2D eigenvalue weighted by Gasteiger charge is -2.56. The molecule has 1 nitrogen and oxygen atoms in total. The van der Waals surface area contributed by atoms with Gasteiger partial charge in [-0.15, -0.1) is 11.3 Å². The first-order valence-corrected chi connectivity index (χ1v) is 13.6. The summed E-state index contributed by atoms with van der Waals surface area (Å²) in [6.07, 6.45) is 8.93. The highest BCUT2D eigenvalue weighted by molar-refractivity contribution is 7.09. The van der Waals surface area contributed by atoms with E-state index in [1.54, 1.807) is 0 Å². The number of aromatic nitrogens is 1. The molecule has 4 fully saturated rings. The quantitative estimate of drug-likeness (QED) is 0.449. The maximum Gasteiger partial charge on any atom is 0.434 e. The number of alkyl halides is 3. The zero-order valence-electron chi connectivity index (χ0n) is 19.3. The molecule has 0 spiro atoms. The zero-order chi connectivity index (χ0) is 22.0. The molecule has 5 heteroatoms. The fourth-order valence-corrected chi connectivity index (χ4v) is 9.96. The van der Waals surface area contributed by atoms with Gasteiger partial charge in [0.25, 0.3) is 0 Å². The first-order chi connectivity index (χ1) is 14.7. The van der Waals surface area contributed by atoms with Crippen LogP contribution in [0, 0.1) is 52.8 Å². The van der Waals surface area contributed by atoms with Crippen molar-refractivity contribution < 1.29 is 13.2 Å². The third-order valence-electron chi connectivity index (χ3n) is 10.3. The van der Waals surface area contributed by atoms with Crippen molar-refractivity contribution in [2.45, 2.75) is 91.2 Å². The van der Waals surface area contributed by atoms with E-state index in [0.29, 0.717) is 28.7 Å². The summed E-state index contributed by atoms with van der Waals surface area (Å²) in [5, 5.41) is 1.85. The van der Waals surface area contributed by atoms with Gasteiger partial charge in [0.2, 0.25) is 0 Å². The van der Waals surface area contributed by atoms with Crippen LogP contribution in [0.2, 0.25) is 0 Å². The predicted octanol–water partition coefficient (Wildman–Crippen LogP) is 8.25. The van der Waals surface area contributed by atoms with E-state index in [1.807, 2.05) is 0 Å². The van der Waals surface area contributed by atoms with E-state index in [-0.39, 0.29) is 0 Å². The van der Waals surface area contributed by atoms with Crippen LogP contribution in [0.25, 0.3) is 0 Å². The van der Waals surface area contributed by atoms with Gasteiger partial charge in [0.15, 0.2) is 5.69 Å². The molecule has 5 rings (SSSR count).